The van der Waals surface area contributed by atoms with Crippen molar-refractivity contribution in [2.75, 3.05) is 0 Å². The van der Waals surface area contributed by atoms with E-state index in [4.69, 9.17) is 0 Å². The van der Waals surface area contributed by atoms with Gasteiger partial charge in [-0.3, -0.25) is 9.25 Å². The zero-order valence-electron chi connectivity index (χ0n) is 17.1. The molecule has 0 saturated heterocycles. The third-order valence-electron chi connectivity index (χ3n) is 4.79. The number of hydrogen-bond donors (Lipinski definition) is 0. The summed E-state index contributed by atoms with van der Waals surface area (Å²) in [6, 6.07) is 18.8. The van der Waals surface area contributed by atoms with Crippen LogP contribution in [0.25, 0.3) is 17.1 Å². The molecule has 6 nitrogen and oxygen atoms in total. The molecule has 0 radical (unpaired) electrons. The van der Waals surface area contributed by atoms with Gasteiger partial charge in [-0.25, -0.2) is 4.98 Å². The van der Waals surface area contributed by atoms with Crippen LogP contribution >= 0.6 is 11.8 Å². The van der Waals surface area contributed by atoms with Crippen molar-refractivity contribution >= 4 is 11.8 Å². The minimum absolute atomic E-state index is 0.114. The molecule has 0 bridgehead atoms. The number of nitrogens with zero attached hydrogens (tertiary/aromatic N) is 6. The van der Waals surface area contributed by atoms with Gasteiger partial charge in [-0.15, -0.1) is 10.2 Å². The second-order valence-electron chi connectivity index (χ2n) is 7.89. The van der Waals surface area contributed by atoms with E-state index in [1.165, 1.54) is 5.56 Å². The highest BCUT2D eigenvalue weighted by Crippen LogP contribution is 2.31. The summed E-state index contributed by atoms with van der Waals surface area (Å²) in [5.74, 6) is 2.40. The average molecular weight is 405 g/mol. The molecule has 0 unspecified atom stereocenters. The predicted octanol–water partition coefficient (Wildman–Crippen LogP) is 4.65. The van der Waals surface area contributed by atoms with Crippen molar-refractivity contribution in [2.24, 2.45) is 7.05 Å². The maximum atomic E-state index is 4.53. The molecule has 2 heterocycles. The van der Waals surface area contributed by atoms with Gasteiger partial charge in [0.15, 0.2) is 11.0 Å². The molecule has 0 N–H and O–H groups in total. The first-order chi connectivity index (χ1) is 13.9. The first kappa shape index (κ1) is 19.4. The van der Waals surface area contributed by atoms with Crippen molar-refractivity contribution in [2.45, 2.75) is 37.1 Å². The van der Waals surface area contributed by atoms with Crippen molar-refractivity contribution in [3.63, 3.8) is 0 Å². The van der Waals surface area contributed by atoms with Gasteiger partial charge in [-0.2, -0.15) is 5.10 Å². The summed E-state index contributed by atoms with van der Waals surface area (Å²) in [4.78, 5) is 4.30. The molecule has 0 amide bonds. The molecule has 0 spiro atoms. The fraction of sp³-hybridized carbons (Fsp3) is 0.273. The number of para-hydroxylation sites is 1. The van der Waals surface area contributed by atoms with Crippen molar-refractivity contribution in [1.82, 2.24) is 29.5 Å². The first-order valence-corrected chi connectivity index (χ1v) is 10.5. The Morgan fingerprint density at radius 2 is 1.66 bits per heavy atom. The normalized spacial score (nSPS) is 11.7. The van der Waals surface area contributed by atoms with E-state index >= 15 is 0 Å². The van der Waals surface area contributed by atoms with E-state index in [0.29, 0.717) is 5.75 Å². The third-order valence-corrected chi connectivity index (χ3v) is 5.72. The molecule has 7 heteroatoms. The Morgan fingerprint density at radius 3 is 2.28 bits per heavy atom. The smallest absolute Gasteiger partial charge is 0.196 e. The Morgan fingerprint density at radius 1 is 0.931 bits per heavy atom. The highest BCUT2D eigenvalue weighted by Gasteiger charge is 2.18. The lowest BCUT2D eigenvalue weighted by molar-refractivity contribution is 0.590. The summed E-state index contributed by atoms with van der Waals surface area (Å²) in [6.45, 7) is 6.65. The van der Waals surface area contributed by atoms with Crippen LogP contribution in [0, 0.1) is 0 Å². The largest absolute Gasteiger partial charge is 0.270 e. The minimum atomic E-state index is 0.114. The van der Waals surface area contributed by atoms with Crippen molar-refractivity contribution in [3.05, 3.63) is 72.3 Å². The Hall–Kier alpha value is -2.93. The van der Waals surface area contributed by atoms with Gasteiger partial charge < -0.3 is 0 Å². The summed E-state index contributed by atoms with van der Waals surface area (Å²) in [6.07, 6.45) is 1.57. The number of aryl methyl sites for hydroxylation is 1. The molecular weight excluding hydrogens is 380 g/mol. The van der Waals surface area contributed by atoms with Crippen LogP contribution in [-0.2, 0) is 18.2 Å². The molecule has 0 aliphatic rings. The van der Waals surface area contributed by atoms with Crippen LogP contribution in [-0.4, -0.2) is 29.5 Å². The van der Waals surface area contributed by atoms with Gasteiger partial charge in [-0.1, -0.05) is 75.0 Å². The van der Waals surface area contributed by atoms with E-state index in [9.17, 15) is 0 Å². The summed E-state index contributed by atoms with van der Waals surface area (Å²) < 4.78 is 3.88. The Kier molecular flexibility index (Phi) is 5.24. The number of rotatable bonds is 5. The van der Waals surface area contributed by atoms with Crippen molar-refractivity contribution in [3.8, 4) is 17.1 Å². The fourth-order valence-electron chi connectivity index (χ4n) is 3.06. The molecule has 29 heavy (non-hydrogen) atoms. The molecule has 2 aromatic heterocycles. The monoisotopic (exact) mass is 404 g/mol. The van der Waals surface area contributed by atoms with Gasteiger partial charge in [0, 0.05) is 18.3 Å². The SMILES string of the molecule is Cn1ncnc1CSc1nnc(-c2ccc(C(C)(C)C)cc2)n1-c1ccccc1. The fourth-order valence-corrected chi connectivity index (χ4v) is 4.00. The second kappa shape index (κ2) is 7.83. The van der Waals surface area contributed by atoms with E-state index in [0.717, 1.165) is 28.1 Å². The van der Waals surface area contributed by atoms with Gasteiger partial charge in [0.05, 0.1) is 5.75 Å². The Labute approximate surface area is 175 Å². The second-order valence-corrected chi connectivity index (χ2v) is 8.84. The van der Waals surface area contributed by atoms with Crippen LogP contribution in [0.2, 0.25) is 0 Å². The molecule has 4 rings (SSSR count). The number of hydrogen-bond acceptors (Lipinski definition) is 5. The third kappa shape index (κ3) is 4.10. The topological polar surface area (TPSA) is 61.4 Å². The Bertz CT molecular complexity index is 1090. The molecule has 0 atom stereocenters. The van der Waals surface area contributed by atoms with Crippen LogP contribution < -0.4 is 0 Å². The average Bonchev–Trinajstić information content (AvgIpc) is 3.32. The number of benzene rings is 2. The molecular formula is C22H24N6S. The highest BCUT2D eigenvalue weighted by molar-refractivity contribution is 7.98. The molecule has 4 aromatic rings. The summed E-state index contributed by atoms with van der Waals surface area (Å²) in [5, 5.41) is 14.0. The Balaban J connectivity index is 1.72. The van der Waals surface area contributed by atoms with Crippen LogP contribution in [0.3, 0.4) is 0 Å². The summed E-state index contributed by atoms with van der Waals surface area (Å²) >= 11 is 1.60. The quantitative estimate of drug-likeness (QED) is 0.453. The van der Waals surface area contributed by atoms with E-state index in [-0.39, 0.29) is 5.41 Å². The lowest BCUT2D eigenvalue weighted by Crippen LogP contribution is -2.10. The first-order valence-electron chi connectivity index (χ1n) is 9.51. The maximum Gasteiger partial charge on any atom is 0.196 e. The van der Waals surface area contributed by atoms with E-state index in [1.807, 2.05) is 25.2 Å². The standard InChI is InChI=1S/C22H24N6S/c1-22(2,3)17-12-10-16(11-13-17)20-25-26-21(28(20)18-8-6-5-7-9-18)29-14-19-23-15-24-27(19)4/h5-13,15H,14H2,1-4H3. The molecule has 0 aliphatic carbocycles. The van der Waals surface area contributed by atoms with E-state index < -0.39 is 0 Å². The highest BCUT2D eigenvalue weighted by atomic mass is 32.2. The molecule has 0 aliphatic heterocycles. The lowest BCUT2D eigenvalue weighted by Gasteiger charge is -2.19. The van der Waals surface area contributed by atoms with Gasteiger partial charge in [-0.05, 0) is 23.1 Å². The van der Waals surface area contributed by atoms with E-state index in [1.54, 1.807) is 22.8 Å². The number of thioether (sulfide) groups is 1. The zero-order valence-corrected chi connectivity index (χ0v) is 17.9. The summed E-state index contributed by atoms with van der Waals surface area (Å²) in [7, 11) is 1.90. The van der Waals surface area contributed by atoms with Crippen molar-refractivity contribution in [1.29, 1.82) is 0 Å². The van der Waals surface area contributed by atoms with Gasteiger partial charge in [0.2, 0.25) is 0 Å². The van der Waals surface area contributed by atoms with Gasteiger partial charge >= 0.3 is 0 Å². The molecule has 0 fully saturated rings. The van der Waals surface area contributed by atoms with Crippen LogP contribution in [0.4, 0.5) is 0 Å². The van der Waals surface area contributed by atoms with Crippen LogP contribution in [0.15, 0.2) is 66.1 Å². The maximum absolute atomic E-state index is 4.53. The minimum Gasteiger partial charge on any atom is -0.270 e. The van der Waals surface area contributed by atoms with Crippen LogP contribution in [0.5, 0.6) is 0 Å². The van der Waals surface area contributed by atoms with Crippen LogP contribution in [0.1, 0.15) is 32.2 Å². The molecule has 0 saturated carbocycles. The molecule has 148 valence electrons. The predicted molar refractivity (Wildman–Crippen MR) is 116 cm³/mol. The summed E-state index contributed by atoms with van der Waals surface area (Å²) in [5.41, 5.74) is 3.49. The molecule has 2 aromatic carbocycles. The van der Waals surface area contributed by atoms with Crippen molar-refractivity contribution < 1.29 is 0 Å². The zero-order chi connectivity index (χ0) is 20.4. The lowest BCUT2D eigenvalue weighted by atomic mass is 9.87. The van der Waals surface area contributed by atoms with Gasteiger partial charge in [0.25, 0.3) is 0 Å². The van der Waals surface area contributed by atoms with Gasteiger partial charge in [0.1, 0.15) is 12.2 Å². The van der Waals surface area contributed by atoms with E-state index in [2.05, 4.69) is 82.0 Å². The number of aromatic nitrogens is 6.